The standard InChI is InChI=1S/C14H22N2O3/c1-10(2)12-4-5-13(17)15-7-9-19-8-6-11(3)14(18)16-12/h4-6,8,10-12H,7,9H2,1-3H3,(H,15,17)(H,16,18)/b5-4+,8-6+/t11-,12+/m0/s1. The zero-order valence-corrected chi connectivity index (χ0v) is 11.7. The van der Waals surface area contributed by atoms with E-state index in [2.05, 4.69) is 10.6 Å². The molecule has 0 spiro atoms. The summed E-state index contributed by atoms with van der Waals surface area (Å²) in [5.41, 5.74) is 0. The first kappa shape index (κ1) is 15.3. The second kappa shape index (κ2) is 7.61. The van der Waals surface area contributed by atoms with Crippen LogP contribution >= 0.6 is 0 Å². The number of hydrogen-bond acceptors (Lipinski definition) is 3. The Balaban J connectivity index is 2.82. The van der Waals surface area contributed by atoms with E-state index in [4.69, 9.17) is 4.74 Å². The summed E-state index contributed by atoms with van der Waals surface area (Å²) >= 11 is 0. The molecule has 2 amide bonds. The van der Waals surface area contributed by atoms with Crippen molar-refractivity contribution in [2.75, 3.05) is 13.2 Å². The molecule has 0 radical (unpaired) electrons. The Kier molecular flexibility index (Phi) is 6.12. The van der Waals surface area contributed by atoms with Crippen LogP contribution in [-0.4, -0.2) is 31.0 Å². The molecule has 0 bridgehead atoms. The molecule has 1 heterocycles. The van der Waals surface area contributed by atoms with Gasteiger partial charge in [0.1, 0.15) is 6.61 Å². The average molecular weight is 266 g/mol. The van der Waals surface area contributed by atoms with Crippen molar-refractivity contribution in [3.05, 3.63) is 24.5 Å². The van der Waals surface area contributed by atoms with E-state index < -0.39 is 0 Å². The summed E-state index contributed by atoms with van der Waals surface area (Å²) in [6.07, 6.45) is 6.40. The predicted molar refractivity (Wildman–Crippen MR) is 73.2 cm³/mol. The van der Waals surface area contributed by atoms with Crippen molar-refractivity contribution < 1.29 is 14.3 Å². The summed E-state index contributed by atoms with van der Waals surface area (Å²) in [6, 6.07) is -0.157. The molecular weight excluding hydrogens is 244 g/mol. The Labute approximate surface area is 114 Å². The van der Waals surface area contributed by atoms with Crippen LogP contribution in [0.25, 0.3) is 0 Å². The lowest BCUT2D eigenvalue weighted by Gasteiger charge is -2.20. The SMILES string of the molecule is CC(C)[C@H]1/C=C/C(=O)NCCO/C=C/[C@H](C)C(=O)N1. The normalized spacial score (nSPS) is 29.1. The fraction of sp³-hybridized carbons (Fsp3) is 0.571. The number of rotatable bonds is 1. The average Bonchev–Trinajstić information content (AvgIpc) is 2.37. The summed E-state index contributed by atoms with van der Waals surface area (Å²) in [5, 5.41) is 5.62. The minimum atomic E-state index is -0.265. The first-order chi connectivity index (χ1) is 9.00. The van der Waals surface area contributed by atoms with Crippen molar-refractivity contribution in [2.45, 2.75) is 26.8 Å². The van der Waals surface area contributed by atoms with Gasteiger partial charge in [-0.2, -0.15) is 0 Å². The highest BCUT2D eigenvalue weighted by molar-refractivity contribution is 5.87. The van der Waals surface area contributed by atoms with E-state index >= 15 is 0 Å². The predicted octanol–water partition coefficient (Wildman–Crippen LogP) is 0.980. The van der Waals surface area contributed by atoms with Crippen LogP contribution in [0.3, 0.4) is 0 Å². The molecule has 5 heteroatoms. The van der Waals surface area contributed by atoms with Crippen LogP contribution in [0.4, 0.5) is 0 Å². The monoisotopic (exact) mass is 266 g/mol. The van der Waals surface area contributed by atoms with Crippen LogP contribution in [0.2, 0.25) is 0 Å². The molecule has 0 aromatic rings. The molecule has 1 rings (SSSR count). The van der Waals surface area contributed by atoms with Crippen molar-refractivity contribution >= 4 is 11.8 Å². The van der Waals surface area contributed by atoms with Crippen molar-refractivity contribution in [2.24, 2.45) is 11.8 Å². The summed E-state index contributed by atoms with van der Waals surface area (Å²) in [6.45, 7) is 6.62. The molecule has 1 aliphatic heterocycles. The lowest BCUT2D eigenvalue weighted by atomic mass is 10.0. The van der Waals surface area contributed by atoms with Gasteiger partial charge in [0.2, 0.25) is 11.8 Å². The van der Waals surface area contributed by atoms with Crippen molar-refractivity contribution in [3.63, 3.8) is 0 Å². The summed E-state index contributed by atoms with van der Waals surface area (Å²) < 4.78 is 5.19. The topological polar surface area (TPSA) is 67.4 Å². The summed E-state index contributed by atoms with van der Waals surface area (Å²) in [4.78, 5) is 23.5. The van der Waals surface area contributed by atoms with E-state index in [9.17, 15) is 9.59 Å². The van der Waals surface area contributed by atoms with Crippen LogP contribution in [0.5, 0.6) is 0 Å². The maximum atomic E-state index is 12.0. The van der Waals surface area contributed by atoms with Crippen molar-refractivity contribution in [1.29, 1.82) is 0 Å². The third kappa shape index (κ3) is 5.59. The van der Waals surface area contributed by atoms with Crippen LogP contribution in [0.1, 0.15) is 20.8 Å². The Morgan fingerprint density at radius 3 is 2.74 bits per heavy atom. The molecule has 1 aliphatic rings. The Morgan fingerprint density at radius 1 is 1.32 bits per heavy atom. The number of carbonyl (C=O) groups excluding carboxylic acids is 2. The Hall–Kier alpha value is -1.78. The lowest BCUT2D eigenvalue weighted by Crippen LogP contribution is -2.39. The highest BCUT2D eigenvalue weighted by atomic mass is 16.5. The number of ether oxygens (including phenoxy) is 1. The van der Waals surface area contributed by atoms with E-state index in [-0.39, 0.29) is 29.7 Å². The van der Waals surface area contributed by atoms with Crippen molar-refractivity contribution in [3.8, 4) is 0 Å². The molecule has 0 saturated carbocycles. The highest BCUT2D eigenvalue weighted by Crippen LogP contribution is 2.06. The minimum Gasteiger partial charge on any atom is -0.500 e. The molecule has 19 heavy (non-hydrogen) atoms. The number of carbonyl (C=O) groups is 2. The van der Waals surface area contributed by atoms with Crippen LogP contribution in [0, 0.1) is 11.8 Å². The third-order valence-electron chi connectivity index (χ3n) is 2.88. The van der Waals surface area contributed by atoms with Crippen LogP contribution in [0.15, 0.2) is 24.5 Å². The second-order valence-corrected chi connectivity index (χ2v) is 4.92. The number of nitrogens with one attached hydrogen (secondary N) is 2. The van der Waals surface area contributed by atoms with E-state index in [1.807, 2.05) is 13.8 Å². The third-order valence-corrected chi connectivity index (χ3v) is 2.88. The maximum absolute atomic E-state index is 12.0. The summed E-state index contributed by atoms with van der Waals surface area (Å²) in [7, 11) is 0. The molecule has 5 nitrogen and oxygen atoms in total. The zero-order chi connectivity index (χ0) is 14.3. The molecule has 0 aromatic carbocycles. The Bertz CT molecular complexity index is 375. The molecule has 2 N–H and O–H groups in total. The molecule has 0 aliphatic carbocycles. The molecule has 2 atom stereocenters. The fourth-order valence-electron chi connectivity index (χ4n) is 1.54. The number of amides is 2. The largest absolute Gasteiger partial charge is 0.500 e. The first-order valence-corrected chi connectivity index (χ1v) is 6.55. The van der Waals surface area contributed by atoms with Gasteiger partial charge < -0.3 is 15.4 Å². The van der Waals surface area contributed by atoms with Gasteiger partial charge in [-0.1, -0.05) is 19.9 Å². The van der Waals surface area contributed by atoms with Gasteiger partial charge in [0.25, 0.3) is 0 Å². The minimum absolute atomic E-state index is 0.0807. The fourth-order valence-corrected chi connectivity index (χ4v) is 1.54. The number of hydrogen-bond donors (Lipinski definition) is 2. The molecule has 0 aromatic heterocycles. The maximum Gasteiger partial charge on any atom is 0.243 e. The molecule has 0 saturated heterocycles. The first-order valence-electron chi connectivity index (χ1n) is 6.55. The van der Waals surface area contributed by atoms with Gasteiger partial charge in [-0.05, 0) is 18.9 Å². The van der Waals surface area contributed by atoms with Gasteiger partial charge in [0.15, 0.2) is 0 Å². The van der Waals surface area contributed by atoms with Crippen LogP contribution < -0.4 is 10.6 Å². The van der Waals surface area contributed by atoms with E-state index in [1.54, 1.807) is 19.1 Å². The van der Waals surface area contributed by atoms with E-state index in [1.165, 1.54) is 12.3 Å². The quantitative estimate of drug-likeness (QED) is 0.743. The van der Waals surface area contributed by atoms with Crippen LogP contribution in [-0.2, 0) is 14.3 Å². The van der Waals surface area contributed by atoms with E-state index in [0.717, 1.165) is 0 Å². The Morgan fingerprint density at radius 2 is 2.05 bits per heavy atom. The molecule has 106 valence electrons. The van der Waals surface area contributed by atoms with Gasteiger partial charge in [-0.3, -0.25) is 9.59 Å². The molecule has 0 unspecified atom stereocenters. The zero-order valence-electron chi connectivity index (χ0n) is 11.7. The van der Waals surface area contributed by atoms with E-state index in [0.29, 0.717) is 13.2 Å². The van der Waals surface area contributed by atoms with Gasteiger partial charge in [-0.25, -0.2) is 0 Å². The van der Waals surface area contributed by atoms with Crippen molar-refractivity contribution in [1.82, 2.24) is 10.6 Å². The van der Waals surface area contributed by atoms with Gasteiger partial charge >= 0.3 is 0 Å². The van der Waals surface area contributed by atoms with Gasteiger partial charge in [0.05, 0.1) is 18.7 Å². The summed E-state index contributed by atoms with van der Waals surface area (Å²) in [5.74, 6) is -0.313. The smallest absolute Gasteiger partial charge is 0.243 e. The second-order valence-electron chi connectivity index (χ2n) is 4.92. The lowest BCUT2D eigenvalue weighted by molar-refractivity contribution is -0.124. The highest BCUT2D eigenvalue weighted by Gasteiger charge is 2.17. The molecule has 0 fully saturated rings. The van der Waals surface area contributed by atoms with Gasteiger partial charge in [0, 0.05) is 12.1 Å². The molecular formula is C14H22N2O3. The van der Waals surface area contributed by atoms with Gasteiger partial charge in [-0.15, -0.1) is 0 Å².